The number of hydrogen-bond donors (Lipinski definition) is 1. The number of rotatable bonds is 6. The highest BCUT2D eigenvalue weighted by molar-refractivity contribution is 5.81. The van der Waals surface area contributed by atoms with Crippen molar-refractivity contribution in [3.63, 3.8) is 0 Å². The van der Waals surface area contributed by atoms with E-state index in [0.29, 0.717) is 12.5 Å². The summed E-state index contributed by atoms with van der Waals surface area (Å²) in [5, 5.41) is 0. The van der Waals surface area contributed by atoms with E-state index in [1.807, 2.05) is 12.4 Å². The molecule has 0 radical (unpaired) electrons. The zero-order chi connectivity index (χ0) is 14.6. The molecule has 2 rings (SSSR count). The highest BCUT2D eigenvalue weighted by atomic mass is 15.4. The Hall–Kier alpha value is -1.62. The summed E-state index contributed by atoms with van der Waals surface area (Å²) in [6.07, 6.45) is 3.66. The van der Waals surface area contributed by atoms with Gasteiger partial charge in [-0.3, -0.25) is 9.98 Å². The van der Waals surface area contributed by atoms with E-state index in [9.17, 15) is 0 Å². The maximum atomic E-state index is 6.10. The largest absolute Gasteiger partial charge is 0.370 e. The van der Waals surface area contributed by atoms with Crippen LogP contribution in [0.1, 0.15) is 26.3 Å². The van der Waals surface area contributed by atoms with Crippen molar-refractivity contribution in [2.45, 2.75) is 26.3 Å². The van der Waals surface area contributed by atoms with Gasteiger partial charge in [0.25, 0.3) is 0 Å². The van der Waals surface area contributed by atoms with Crippen molar-refractivity contribution in [2.24, 2.45) is 10.7 Å². The summed E-state index contributed by atoms with van der Waals surface area (Å²) in [6.45, 7) is 11.3. The average molecular weight is 275 g/mol. The van der Waals surface area contributed by atoms with Gasteiger partial charge in [0.2, 0.25) is 0 Å². The van der Waals surface area contributed by atoms with Gasteiger partial charge in [-0.1, -0.05) is 13.8 Å². The third-order valence-corrected chi connectivity index (χ3v) is 4.26. The lowest BCUT2D eigenvalue weighted by Gasteiger charge is -2.37. The summed E-state index contributed by atoms with van der Waals surface area (Å²) in [5.74, 6) is 0.650. The standard InChI is InChI=1S/C15H25N5/c1-4-19(5-2)10-11-20-14(16)18-12-15(20,3)13-6-8-17-9-7-13/h6-9H,4-5,10-12H2,1-3H3,(H2,16,18). The predicted molar refractivity (Wildman–Crippen MR) is 82.6 cm³/mol. The van der Waals surface area contributed by atoms with Crippen molar-refractivity contribution >= 4 is 5.96 Å². The lowest BCUT2D eigenvalue weighted by atomic mass is 9.92. The Morgan fingerprint density at radius 2 is 1.95 bits per heavy atom. The predicted octanol–water partition coefficient (Wildman–Crippen LogP) is 1.27. The van der Waals surface area contributed by atoms with Crippen molar-refractivity contribution in [2.75, 3.05) is 32.7 Å². The molecule has 1 unspecified atom stereocenters. The van der Waals surface area contributed by atoms with Crippen LogP contribution < -0.4 is 5.73 Å². The molecule has 0 aromatic carbocycles. The smallest absolute Gasteiger partial charge is 0.192 e. The third kappa shape index (κ3) is 2.77. The van der Waals surface area contributed by atoms with Crippen LogP contribution in [-0.4, -0.2) is 53.5 Å². The Kier molecular flexibility index (Phi) is 4.60. The number of pyridine rings is 1. The van der Waals surface area contributed by atoms with Crippen LogP contribution >= 0.6 is 0 Å². The lowest BCUT2D eigenvalue weighted by Crippen LogP contribution is -2.50. The van der Waals surface area contributed by atoms with Gasteiger partial charge < -0.3 is 15.5 Å². The third-order valence-electron chi connectivity index (χ3n) is 4.26. The Balaban J connectivity index is 2.14. The number of nitrogens with zero attached hydrogens (tertiary/aromatic N) is 4. The molecule has 0 saturated carbocycles. The van der Waals surface area contributed by atoms with Crippen LogP contribution in [0.15, 0.2) is 29.5 Å². The highest BCUT2D eigenvalue weighted by Crippen LogP contribution is 2.31. The van der Waals surface area contributed by atoms with Crippen LogP contribution in [0.2, 0.25) is 0 Å². The molecule has 0 aliphatic carbocycles. The first-order valence-electron chi connectivity index (χ1n) is 7.32. The van der Waals surface area contributed by atoms with Crippen molar-refractivity contribution in [1.29, 1.82) is 0 Å². The molecule has 5 heteroatoms. The number of likely N-dealkylation sites (N-methyl/N-ethyl adjacent to an activating group) is 1. The van der Waals surface area contributed by atoms with Crippen LogP contribution in [-0.2, 0) is 5.54 Å². The molecular weight excluding hydrogens is 250 g/mol. The van der Waals surface area contributed by atoms with Gasteiger partial charge >= 0.3 is 0 Å². The van der Waals surface area contributed by atoms with Gasteiger partial charge in [-0.25, -0.2) is 0 Å². The van der Waals surface area contributed by atoms with E-state index in [1.54, 1.807) is 0 Å². The second-order valence-corrected chi connectivity index (χ2v) is 5.36. The number of nitrogens with two attached hydrogens (primary N) is 1. The molecule has 0 fully saturated rings. The summed E-state index contributed by atoms with van der Waals surface area (Å²) in [7, 11) is 0. The monoisotopic (exact) mass is 275 g/mol. The number of guanidine groups is 1. The Morgan fingerprint density at radius 1 is 1.30 bits per heavy atom. The average Bonchev–Trinajstić information content (AvgIpc) is 2.78. The Labute approximate surface area is 121 Å². The molecule has 2 N–H and O–H groups in total. The number of aliphatic imine (C=N–C) groups is 1. The summed E-state index contributed by atoms with van der Waals surface area (Å²) in [4.78, 5) is 13.2. The molecule has 1 atom stereocenters. The van der Waals surface area contributed by atoms with E-state index in [-0.39, 0.29) is 5.54 Å². The first kappa shape index (κ1) is 14.8. The molecule has 1 aliphatic heterocycles. The lowest BCUT2D eigenvalue weighted by molar-refractivity contribution is 0.188. The fourth-order valence-corrected chi connectivity index (χ4v) is 2.76. The fraction of sp³-hybridized carbons (Fsp3) is 0.600. The van der Waals surface area contributed by atoms with E-state index in [0.717, 1.165) is 26.2 Å². The van der Waals surface area contributed by atoms with Crippen molar-refractivity contribution in [3.05, 3.63) is 30.1 Å². The molecule has 0 amide bonds. The minimum Gasteiger partial charge on any atom is -0.370 e. The van der Waals surface area contributed by atoms with Gasteiger partial charge in [0, 0.05) is 25.5 Å². The van der Waals surface area contributed by atoms with Gasteiger partial charge in [0.15, 0.2) is 5.96 Å². The summed E-state index contributed by atoms with van der Waals surface area (Å²) < 4.78 is 0. The zero-order valence-electron chi connectivity index (χ0n) is 12.7. The summed E-state index contributed by atoms with van der Waals surface area (Å²) in [6, 6.07) is 4.11. The molecule has 1 aromatic rings. The Morgan fingerprint density at radius 3 is 2.55 bits per heavy atom. The van der Waals surface area contributed by atoms with Crippen LogP contribution in [0.4, 0.5) is 0 Å². The molecule has 5 nitrogen and oxygen atoms in total. The number of hydrogen-bond acceptors (Lipinski definition) is 5. The van der Waals surface area contributed by atoms with Gasteiger partial charge in [0.05, 0.1) is 12.1 Å². The molecular formula is C15H25N5. The molecule has 2 heterocycles. The minimum atomic E-state index is -0.153. The molecule has 0 saturated heterocycles. The first-order valence-corrected chi connectivity index (χ1v) is 7.32. The maximum Gasteiger partial charge on any atom is 0.192 e. The Bertz CT molecular complexity index is 455. The van der Waals surface area contributed by atoms with E-state index >= 15 is 0 Å². The minimum absolute atomic E-state index is 0.153. The molecule has 20 heavy (non-hydrogen) atoms. The molecule has 0 spiro atoms. The topological polar surface area (TPSA) is 57.8 Å². The van der Waals surface area contributed by atoms with Gasteiger partial charge in [-0.15, -0.1) is 0 Å². The maximum absolute atomic E-state index is 6.10. The second-order valence-electron chi connectivity index (χ2n) is 5.36. The molecule has 0 bridgehead atoms. The van der Waals surface area contributed by atoms with Crippen LogP contribution in [0.5, 0.6) is 0 Å². The first-order chi connectivity index (χ1) is 9.61. The van der Waals surface area contributed by atoms with Crippen LogP contribution in [0.25, 0.3) is 0 Å². The van der Waals surface area contributed by atoms with E-state index < -0.39 is 0 Å². The van der Waals surface area contributed by atoms with Gasteiger partial charge in [-0.2, -0.15) is 0 Å². The van der Waals surface area contributed by atoms with Gasteiger partial charge in [-0.05, 0) is 37.7 Å². The van der Waals surface area contributed by atoms with Crippen molar-refractivity contribution < 1.29 is 0 Å². The molecule has 1 aliphatic rings. The van der Waals surface area contributed by atoms with Crippen LogP contribution in [0.3, 0.4) is 0 Å². The van der Waals surface area contributed by atoms with Crippen molar-refractivity contribution in [3.8, 4) is 0 Å². The normalized spacial score (nSPS) is 22.4. The molecule has 110 valence electrons. The van der Waals surface area contributed by atoms with E-state index in [2.05, 4.69) is 52.7 Å². The second kappa shape index (κ2) is 6.22. The zero-order valence-corrected chi connectivity index (χ0v) is 12.7. The molecule has 1 aromatic heterocycles. The number of aromatic nitrogens is 1. The highest BCUT2D eigenvalue weighted by Gasteiger charge is 2.39. The SMILES string of the molecule is CCN(CC)CCN1C(N)=NCC1(C)c1ccncc1. The summed E-state index contributed by atoms with van der Waals surface area (Å²) >= 11 is 0. The fourth-order valence-electron chi connectivity index (χ4n) is 2.76. The quantitative estimate of drug-likeness (QED) is 0.849. The van der Waals surface area contributed by atoms with Crippen LogP contribution in [0, 0.1) is 0 Å². The van der Waals surface area contributed by atoms with Crippen molar-refractivity contribution in [1.82, 2.24) is 14.8 Å². The van der Waals surface area contributed by atoms with E-state index in [1.165, 1.54) is 5.56 Å². The van der Waals surface area contributed by atoms with Gasteiger partial charge in [0.1, 0.15) is 0 Å². The van der Waals surface area contributed by atoms with E-state index in [4.69, 9.17) is 5.73 Å². The summed E-state index contributed by atoms with van der Waals surface area (Å²) in [5.41, 5.74) is 7.17.